The van der Waals surface area contributed by atoms with Crippen molar-refractivity contribution >= 4 is 41.1 Å². The number of aliphatic carboxylic acids is 1. The summed E-state index contributed by atoms with van der Waals surface area (Å²) in [5.41, 5.74) is 7.79. The summed E-state index contributed by atoms with van der Waals surface area (Å²) in [4.78, 5) is 52.1. The molecule has 0 spiro atoms. The van der Waals surface area contributed by atoms with E-state index in [2.05, 4.69) is 5.32 Å². The molecule has 2 atom stereocenters. The number of phenolic OH excluding ortho intramolecular Hbond substituents is 1. The molecular formula is C26H25N5O6S. The van der Waals surface area contributed by atoms with Crippen LogP contribution in [0, 0.1) is 0 Å². The molecule has 1 aromatic carbocycles. The van der Waals surface area contributed by atoms with Gasteiger partial charge in [-0.2, -0.15) is 4.57 Å². The molecule has 0 bridgehead atoms. The lowest BCUT2D eigenvalue weighted by atomic mass is 10.0. The Bertz CT molecular complexity index is 1390. The number of thioether (sulfide) groups is 1. The van der Waals surface area contributed by atoms with Gasteiger partial charge in [-0.15, -0.1) is 11.8 Å². The number of amides is 3. The normalized spacial score (nSPS) is 22.0. The maximum atomic E-state index is 13.0. The summed E-state index contributed by atoms with van der Waals surface area (Å²) < 4.78 is 1.70. The first kappa shape index (κ1) is 25.5. The molecule has 0 unspecified atom stereocenters. The highest BCUT2D eigenvalue weighted by atomic mass is 32.2. The van der Waals surface area contributed by atoms with Gasteiger partial charge in [-0.05, 0) is 35.8 Å². The Hall–Kier alpha value is -4.16. The predicted molar refractivity (Wildman–Crippen MR) is 135 cm³/mol. The van der Waals surface area contributed by atoms with E-state index in [-0.39, 0.29) is 29.8 Å². The van der Waals surface area contributed by atoms with E-state index in [1.165, 1.54) is 23.9 Å². The van der Waals surface area contributed by atoms with Crippen LogP contribution in [0.3, 0.4) is 0 Å². The molecule has 4 N–H and O–H groups in total. The average molecular weight is 536 g/mol. The first-order chi connectivity index (χ1) is 18.2. The molecular weight excluding hydrogens is 510 g/mol. The number of β-lactam (4-membered cyclic amide) rings is 1. The molecule has 4 heterocycles. The minimum Gasteiger partial charge on any atom is -0.543 e. The molecule has 0 saturated carbocycles. The predicted octanol–water partition coefficient (Wildman–Crippen LogP) is -0.776. The maximum Gasteiger partial charge on any atom is 0.290 e. The molecule has 2 fully saturated rings. The third-order valence-electron chi connectivity index (χ3n) is 6.58. The number of nitrogens with one attached hydrogen (secondary N) is 1. The number of carbonyl (C=O) groups excluding carboxylic acids is 4. The molecule has 2 aromatic rings. The van der Waals surface area contributed by atoms with Gasteiger partial charge in [-0.3, -0.25) is 19.3 Å². The maximum absolute atomic E-state index is 13.0. The van der Waals surface area contributed by atoms with Gasteiger partial charge in [0, 0.05) is 48.3 Å². The molecule has 38 heavy (non-hydrogen) atoms. The van der Waals surface area contributed by atoms with Crippen LogP contribution in [0.5, 0.6) is 5.75 Å². The fourth-order valence-corrected chi connectivity index (χ4v) is 5.92. The number of carboxylic acids is 1. The van der Waals surface area contributed by atoms with Crippen LogP contribution in [-0.2, 0) is 32.3 Å². The van der Waals surface area contributed by atoms with Crippen LogP contribution < -0.4 is 20.7 Å². The number of pyridine rings is 1. The van der Waals surface area contributed by atoms with Gasteiger partial charge in [0.15, 0.2) is 12.4 Å². The third kappa shape index (κ3) is 5.00. The van der Waals surface area contributed by atoms with Gasteiger partial charge in [0.25, 0.3) is 5.91 Å². The van der Waals surface area contributed by atoms with Crippen LogP contribution in [-0.4, -0.2) is 62.3 Å². The van der Waals surface area contributed by atoms with Crippen LogP contribution in [0.25, 0.3) is 0 Å². The Morgan fingerprint density at radius 1 is 1.24 bits per heavy atom. The molecule has 3 amide bonds. The van der Waals surface area contributed by atoms with E-state index in [0.717, 1.165) is 10.5 Å². The summed E-state index contributed by atoms with van der Waals surface area (Å²) in [5, 5.41) is 23.6. The number of carboxylic acid groups (broad SMARTS) is 1. The standard InChI is InChI=1S/C26H25N5O6S/c27-21-24(35)31-22(26(36)37)17(14-38-25(21)31)10-16-6-9-30(23(16)34)12-15-4-7-29(8-5-15)13-20(33)28-18-2-1-3-19(32)11-18/h1-5,7-8,10-11,21,25H,6,9,12-14,27H2,(H2-,28,32,33,36,37)/b16-10+/t21-,25-/m1/s1. The highest BCUT2D eigenvalue weighted by Crippen LogP contribution is 2.40. The van der Waals surface area contributed by atoms with Crippen LogP contribution in [0.4, 0.5) is 5.69 Å². The highest BCUT2D eigenvalue weighted by Gasteiger charge is 2.50. The molecule has 11 nitrogen and oxygen atoms in total. The SMILES string of the molecule is N[C@@H]1C(=O)N2C(C(=O)[O-])=C(/C=C3\CCN(Cc4cc[n+](CC(=O)Nc5cccc(O)c5)cc4)C3=O)CS[C@H]12. The van der Waals surface area contributed by atoms with Crippen molar-refractivity contribution in [1.82, 2.24) is 9.80 Å². The second kappa shape index (κ2) is 10.3. The largest absolute Gasteiger partial charge is 0.543 e. The number of likely N-dealkylation sites (tertiary alicyclic amines) is 1. The minimum atomic E-state index is -1.46. The lowest BCUT2D eigenvalue weighted by molar-refractivity contribution is -0.684. The molecule has 0 aliphatic carbocycles. The number of anilines is 1. The van der Waals surface area contributed by atoms with Crippen LogP contribution >= 0.6 is 11.8 Å². The number of rotatable bonds is 7. The van der Waals surface area contributed by atoms with Gasteiger partial charge in [0.05, 0.1) is 11.7 Å². The summed E-state index contributed by atoms with van der Waals surface area (Å²) in [7, 11) is 0. The van der Waals surface area contributed by atoms with Gasteiger partial charge in [0.1, 0.15) is 17.2 Å². The lowest BCUT2D eigenvalue weighted by Gasteiger charge is -2.49. The topological polar surface area (TPSA) is 160 Å². The highest BCUT2D eigenvalue weighted by molar-refractivity contribution is 8.00. The number of aromatic hydroxyl groups is 1. The molecule has 12 heteroatoms. The molecule has 1 aromatic heterocycles. The van der Waals surface area contributed by atoms with Crippen molar-refractivity contribution < 1.29 is 34.0 Å². The van der Waals surface area contributed by atoms with Crippen molar-refractivity contribution in [3.8, 4) is 5.75 Å². The van der Waals surface area contributed by atoms with E-state index in [0.29, 0.717) is 42.1 Å². The van der Waals surface area contributed by atoms with Crippen molar-refractivity contribution in [3.05, 3.63) is 77.3 Å². The number of nitrogens with two attached hydrogens (primary N) is 1. The first-order valence-electron chi connectivity index (χ1n) is 11.9. The van der Waals surface area contributed by atoms with E-state index in [1.807, 2.05) is 12.1 Å². The van der Waals surface area contributed by atoms with Crippen LogP contribution in [0.15, 0.2) is 71.7 Å². The van der Waals surface area contributed by atoms with Crippen LogP contribution in [0.2, 0.25) is 0 Å². The smallest absolute Gasteiger partial charge is 0.290 e. The Labute approximate surface area is 222 Å². The third-order valence-corrected chi connectivity index (χ3v) is 7.91. The molecule has 2 saturated heterocycles. The Morgan fingerprint density at radius 2 is 2.00 bits per heavy atom. The summed E-state index contributed by atoms with van der Waals surface area (Å²) in [5.74, 6) is -1.99. The summed E-state index contributed by atoms with van der Waals surface area (Å²) in [6.45, 7) is 0.906. The van der Waals surface area contributed by atoms with Crippen molar-refractivity contribution in [2.45, 2.75) is 30.9 Å². The molecule has 3 aliphatic heterocycles. The Kier molecular flexibility index (Phi) is 6.91. The zero-order valence-corrected chi connectivity index (χ0v) is 21.0. The summed E-state index contributed by atoms with van der Waals surface area (Å²) >= 11 is 1.37. The van der Waals surface area contributed by atoms with E-state index >= 15 is 0 Å². The van der Waals surface area contributed by atoms with Crippen molar-refractivity contribution in [3.63, 3.8) is 0 Å². The van der Waals surface area contributed by atoms with Crippen molar-refractivity contribution in [1.29, 1.82) is 0 Å². The minimum absolute atomic E-state index is 0.0626. The summed E-state index contributed by atoms with van der Waals surface area (Å²) in [6, 6.07) is 9.21. The number of hydrogen-bond donors (Lipinski definition) is 3. The van der Waals surface area contributed by atoms with Gasteiger partial charge in [-0.25, -0.2) is 0 Å². The number of aromatic nitrogens is 1. The number of carbonyl (C=O) groups is 4. The fourth-order valence-electron chi connectivity index (χ4n) is 4.67. The average Bonchev–Trinajstić information content (AvgIpc) is 3.22. The monoisotopic (exact) mass is 535 g/mol. The number of nitrogens with zero attached hydrogens (tertiary/aromatic N) is 3. The van der Waals surface area contributed by atoms with Crippen molar-refractivity contribution in [2.75, 3.05) is 17.6 Å². The van der Waals surface area contributed by atoms with E-state index < -0.39 is 23.3 Å². The number of hydrogen-bond acceptors (Lipinski definition) is 8. The Morgan fingerprint density at radius 3 is 2.71 bits per heavy atom. The van der Waals surface area contributed by atoms with Gasteiger partial charge in [-0.1, -0.05) is 6.07 Å². The summed E-state index contributed by atoms with van der Waals surface area (Å²) in [6.07, 6.45) is 5.51. The van der Waals surface area contributed by atoms with E-state index in [4.69, 9.17) is 5.73 Å². The van der Waals surface area contributed by atoms with Crippen molar-refractivity contribution in [2.24, 2.45) is 5.73 Å². The number of benzene rings is 1. The quantitative estimate of drug-likeness (QED) is 0.237. The molecule has 5 rings (SSSR count). The second-order valence-electron chi connectivity index (χ2n) is 9.22. The molecule has 196 valence electrons. The second-order valence-corrected chi connectivity index (χ2v) is 10.3. The van der Waals surface area contributed by atoms with Crippen LogP contribution in [0.1, 0.15) is 12.0 Å². The Balaban J connectivity index is 1.21. The number of fused-ring (bicyclic) bond motifs is 1. The van der Waals surface area contributed by atoms with E-state index in [1.54, 1.807) is 40.1 Å². The molecule has 0 radical (unpaired) electrons. The van der Waals surface area contributed by atoms with Gasteiger partial charge in [0.2, 0.25) is 18.4 Å². The zero-order chi connectivity index (χ0) is 27.0. The number of phenols is 1. The van der Waals surface area contributed by atoms with Gasteiger partial charge >= 0.3 is 0 Å². The first-order valence-corrected chi connectivity index (χ1v) is 13.0. The number of allylic oxidation sites excluding steroid dienone is 1. The zero-order valence-electron chi connectivity index (χ0n) is 20.2. The van der Waals surface area contributed by atoms with E-state index in [9.17, 15) is 29.4 Å². The molecule has 3 aliphatic rings. The van der Waals surface area contributed by atoms with Gasteiger partial charge < -0.3 is 31.0 Å². The fraction of sp³-hybridized carbons (Fsp3) is 0.269. The lowest BCUT2D eigenvalue weighted by Crippen LogP contribution is -2.69.